The maximum absolute atomic E-state index is 13.1. The van der Waals surface area contributed by atoms with Crippen LogP contribution in [0.5, 0.6) is 0 Å². The van der Waals surface area contributed by atoms with Gasteiger partial charge in [-0.1, -0.05) is 20.3 Å². The van der Waals surface area contributed by atoms with Gasteiger partial charge in [0, 0.05) is 19.6 Å². The van der Waals surface area contributed by atoms with Crippen LogP contribution in [0, 0.1) is 11.3 Å². The molecule has 0 aromatic carbocycles. The molecule has 1 aliphatic carbocycles. The second-order valence-corrected chi connectivity index (χ2v) is 6.16. The number of rotatable bonds is 5. The van der Waals surface area contributed by atoms with Crippen molar-refractivity contribution in [1.82, 2.24) is 4.90 Å². The van der Waals surface area contributed by atoms with E-state index in [1.807, 2.05) is 4.90 Å². The van der Waals surface area contributed by atoms with Gasteiger partial charge in [-0.15, -0.1) is 0 Å². The Hall–Kier alpha value is -0.180. The van der Waals surface area contributed by atoms with E-state index in [2.05, 4.69) is 13.8 Å². The van der Waals surface area contributed by atoms with Crippen LogP contribution in [0.1, 0.15) is 39.5 Å². The molecule has 1 aliphatic heterocycles. The third kappa shape index (κ3) is 2.93. The lowest BCUT2D eigenvalue weighted by atomic mass is 9.95. The fraction of sp³-hybridized carbons (Fsp3) is 1.00. The van der Waals surface area contributed by atoms with Crippen LogP contribution in [-0.4, -0.2) is 36.9 Å². The summed E-state index contributed by atoms with van der Waals surface area (Å²) in [6.45, 7) is 6.01. The third-order valence-electron chi connectivity index (χ3n) is 4.03. The first-order valence-electron chi connectivity index (χ1n) is 6.51. The van der Waals surface area contributed by atoms with Crippen LogP contribution in [0.3, 0.4) is 0 Å². The minimum Gasteiger partial charge on any atom is -0.297 e. The second-order valence-electron chi connectivity index (χ2n) is 6.16. The number of alkyl halides is 2. The molecule has 0 aromatic rings. The number of likely N-dealkylation sites (tertiary alicyclic amines) is 1. The molecule has 0 N–H and O–H groups in total. The van der Waals surface area contributed by atoms with Gasteiger partial charge in [0.2, 0.25) is 0 Å². The first-order chi connectivity index (χ1) is 7.51. The zero-order valence-electron chi connectivity index (χ0n) is 10.4. The van der Waals surface area contributed by atoms with Crippen LogP contribution in [0.15, 0.2) is 0 Å². The SMILES string of the molecule is CC(C)CCC1(CN2CC(F)C(F)C2)CC1. The molecule has 1 saturated carbocycles. The van der Waals surface area contributed by atoms with Crippen LogP contribution in [0.4, 0.5) is 8.78 Å². The Kier molecular flexibility index (Phi) is 3.53. The van der Waals surface area contributed by atoms with Crippen molar-refractivity contribution >= 4 is 0 Å². The van der Waals surface area contributed by atoms with Gasteiger partial charge in [0.15, 0.2) is 0 Å². The van der Waals surface area contributed by atoms with E-state index in [4.69, 9.17) is 0 Å². The average Bonchev–Trinajstić information content (AvgIpc) is 2.88. The lowest BCUT2D eigenvalue weighted by Gasteiger charge is -2.23. The topological polar surface area (TPSA) is 3.24 Å². The highest BCUT2D eigenvalue weighted by Gasteiger charge is 2.45. The van der Waals surface area contributed by atoms with Crippen molar-refractivity contribution in [2.45, 2.75) is 51.9 Å². The van der Waals surface area contributed by atoms with Crippen LogP contribution in [0.2, 0.25) is 0 Å². The predicted molar refractivity (Wildman–Crippen MR) is 62.0 cm³/mol. The molecule has 94 valence electrons. The number of hydrogen-bond donors (Lipinski definition) is 0. The Bertz CT molecular complexity index is 228. The molecule has 1 heterocycles. The molecule has 0 spiro atoms. The van der Waals surface area contributed by atoms with E-state index >= 15 is 0 Å². The van der Waals surface area contributed by atoms with Crippen molar-refractivity contribution in [2.24, 2.45) is 11.3 Å². The summed E-state index contributed by atoms with van der Waals surface area (Å²) in [6, 6.07) is 0. The number of hydrogen-bond acceptors (Lipinski definition) is 1. The quantitative estimate of drug-likeness (QED) is 0.702. The van der Waals surface area contributed by atoms with Gasteiger partial charge in [-0.25, -0.2) is 8.78 Å². The Morgan fingerprint density at radius 2 is 1.75 bits per heavy atom. The van der Waals surface area contributed by atoms with Crippen molar-refractivity contribution in [3.05, 3.63) is 0 Å². The fourth-order valence-corrected chi connectivity index (χ4v) is 2.66. The third-order valence-corrected chi connectivity index (χ3v) is 4.03. The van der Waals surface area contributed by atoms with E-state index in [-0.39, 0.29) is 0 Å². The van der Waals surface area contributed by atoms with E-state index in [0.717, 1.165) is 12.5 Å². The summed E-state index contributed by atoms with van der Waals surface area (Å²) in [4.78, 5) is 1.99. The zero-order chi connectivity index (χ0) is 11.8. The Morgan fingerprint density at radius 1 is 1.19 bits per heavy atom. The fourth-order valence-electron chi connectivity index (χ4n) is 2.66. The lowest BCUT2D eigenvalue weighted by Crippen LogP contribution is -2.29. The van der Waals surface area contributed by atoms with Gasteiger partial charge in [0.25, 0.3) is 0 Å². The molecule has 2 atom stereocenters. The molecule has 0 radical (unpaired) electrons. The van der Waals surface area contributed by atoms with Crippen LogP contribution < -0.4 is 0 Å². The van der Waals surface area contributed by atoms with Crippen molar-refractivity contribution < 1.29 is 8.78 Å². The van der Waals surface area contributed by atoms with E-state index in [9.17, 15) is 8.78 Å². The van der Waals surface area contributed by atoms with Crippen molar-refractivity contribution in [3.63, 3.8) is 0 Å². The molecule has 1 saturated heterocycles. The highest BCUT2D eigenvalue weighted by molar-refractivity contribution is 4.98. The summed E-state index contributed by atoms with van der Waals surface area (Å²) in [7, 11) is 0. The molecule has 2 aliphatic rings. The van der Waals surface area contributed by atoms with Crippen molar-refractivity contribution in [1.29, 1.82) is 0 Å². The molecule has 2 unspecified atom stereocenters. The number of halogens is 2. The van der Waals surface area contributed by atoms with Gasteiger partial charge < -0.3 is 0 Å². The smallest absolute Gasteiger partial charge is 0.145 e. The largest absolute Gasteiger partial charge is 0.297 e. The van der Waals surface area contributed by atoms with Gasteiger partial charge in [-0.05, 0) is 30.6 Å². The molecule has 0 bridgehead atoms. The summed E-state index contributed by atoms with van der Waals surface area (Å²) in [5.74, 6) is 0.735. The van der Waals surface area contributed by atoms with Gasteiger partial charge in [-0.3, -0.25) is 4.90 Å². The molecule has 0 aromatic heterocycles. The normalized spacial score (nSPS) is 33.6. The highest BCUT2D eigenvalue weighted by Crippen LogP contribution is 2.51. The minimum atomic E-state index is -1.25. The molecular formula is C13H23F2N. The van der Waals surface area contributed by atoms with E-state index in [0.29, 0.717) is 18.5 Å². The summed E-state index contributed by atoms with van der Waals surface area (Å²) < 4.78 is 26.1. The van der Waals surface area contributed by atoms with Gasteiger partial charge >= 0.3 is 0 Å². The second kappa shape index (κ2) is 4.59. The lowest BCUT2D eigenvalue weighted by molar-refractivity contribution is 0.217. The van der Waals surface area contributed by atoms with Gasteiger partial charge in [0.1, 0.15) is 12.3 Å². The Labute approximate surface area is 97.2 Å². The minimum absolute atomic E-state index is 0.310. The van der Waals surface area contributed by atoms with Gasteiger partial charge in [0.05, 0.1) is 0 Å². The highest BCUT2D eigenvalue weighted by atomic mass is 19.2. The van der Waals surface area contributed by atoms with Crippen molar-refractivity contribution in [2.75, 3.05) is 19.6 Å². The summed E-state index contributed by atoms with van der Waals surface area (Å²) in [5, 5.41) is 0. The van der Waals surface area contributed by atoms with E-state index in [1.54, 1.807) is 0 Å². The maximum Gasteiger partial charge on any atom is 0.145 e. The van der Waals surface area contributed by atoms with Crippen LogP contribution in [-0.2, 0) is 0 Å². The molecule has 1 nitrogen and oxygen atoms in total. The summed E-state index contributed by atoms with van der Waals surface area (Å²) in [5.41, 5.74) is 0.411. The predicted octanol–water partition coefficient (Wildman–Crippen LogP) is 3.19. The average molecular weight is 231 g/mol. The zero-order valence-corrected chi connectivity index (χ0v) is 10.4. The van der Waals surface area contributed by atoms with E-state index in [1.165, 1.54) is 25.7 Å². The molecule has 2 rings (SSSR count). The first-order valence-corrected chi connectivity index (χ1v) is 6.51. The molecule has 0 amide bonds. The maximum atomic E-state index is 13.1. The van der Waals surface area contributed by atoms with Crippen LogP contribution in [0.25, 0.3) is 0 Å². The Balaban J connectivity index is 1.77. The van der Waals surface area contributed by atoms with E-state index < -0.39 is 12.3 Å². The summed E-state index contributed by atoms with van der Waals surface area (Å²) >= 11 is 0. The molecule has 3 heteroatoms. The van der Waals surface area contributed by atoms with Gasteiger partial charge in [-0.2, -0.15) is 0 Å². The Morgan fingerprint density at radius 3 is 2.19 bits per heavy atom. The first kappa shape index (κ1) is 12.3. The van der Waals surface area contributed by atoms with Crippen molar-refractivity contribution in [3.8, 4) is 0 Å². The summed E-state index contributed by atoms with van der Waals surface area (Å²) in [6.07, 6.45) is 2.48. The monoisotopic (exact) mass is 231 g/mol. The number of nitrogens with zero attached hydrogens (tertiary/aromatic N) is 1. The molecule has 16 heavy (non-hydrogen) atoms. The molecular weight excluding hydrogens is 208 g/mol. The van der Waals surface area contributed by atoms with Crippen LogP contribution >= 0.6 is 0 Å². The molecule has 2 fully saturated rings. The standard InChI is InChI=1S/C13H23F2N/c1-10(2)3-4-13(5-6-13)9-16-7-11(14)12(15)8-16/h10-12H,3-9H2,1-2H3.